The Morgan fingerprint density at radius 1 is 0.333 bits per heavy atom. The third-order valence-corrected chi connectivity index (χ3v) is 12.2. The topological polar surface area (TPSA) is 72.8 Å². The predicted molar refractivity (Wildman–Crippen MR) is 247 cm³/mol. The fourth-order valence-corrected chi connectivity index (χ4v) is 8.21. The van der Waals surface area contributed by atoms with Crippen LogP contribution in [0, 0.1) is 0 Å². The van der Waals surface area contributed by atoms with Crippen LogP contribution in [0.5, 0.6) is 0 Å². The molecule has 5 nitrogen and oxygen atoms in total. The van der Waals surface area contributed by atoms with Crippen LogP contribution >= 0.6 is 0 Å². The smallest absolute Gasteiger partial charge is 0.306 e. The van der Waals surface area contributed by atoms with Crippen molar-refractivity contribution in [2.24, 2.45) is 0 Å². The van der Waals surface area contributed by atoms with Crippen LogP contribution in [-0.2, 0) is 19.1 Å². The minimum absolute atomic E-state index is 0.0568. The normalized spacial score (nSPS) is 12.0. The first kappa shape index (κ1) is 55.9. The van der Waals surface area contributed by atoms with E-state index in [0.29, 0.717) is 12.8 Å². The first-order valence-electron chi connectivity index (χ1n) is 26.1. The Kier molecular flexibility index (Phi) is 48.3. The molecule has 340 valence electrons. The van der Waals surface area contributed by atoms with Crippen LogP contribution in [0.3, 0.4) is 0 Å². The highest BCUT2D eigenvalue weighted by Crippen LogP contribution is 2.18. The van der Waals surface area contributed by atoms with Crippen LogP contribution in [0.4, 0.5) is 0 Å². The molecule has 0 aromatic heterocycles. The molecular weight excluding hydrogens is 705 g/mol. The molecule has 1 unspecified atom stereocenters. The summed E-state index contributed by atoms with van der Waals surface area (Å²) in [6.45, 7) is 4.17. The fourth-order valence-electron chi connectivity index (χ4n) is 8.21. The lowest BCUT2D eigenvalue weighted by Gasteiger charge is -2.15. The minimum atomic E-state index is -0.762. The van der Waals surface area contributed by atoms with E-state index in [0.717, 1.165) is 32.1 Å². The van der Waals surface area contributed by atoms with E-state index in [1.807, 2.05) is 0 Å². The van der Waals surface area contributed by atoms with Crippen molar-refractivity contribution in [3.8, 4) is 0 Å². The molecule has 57 heavy (non-hydrogen) atoms. The highest BCUT2D eigenvalue weighted by atomic mass is 16.6. The lowest BCUT2D eigenvalue weighted by molar-refractivity contribution is -0.161. The van der Waals surface area contributed by atoms with Gasteiger partial charge in [0.1, 0.15) is 6.61 Å². The van der Waals surface area contributed by atoms with Crippen molar-refractivity contribution in [2.75, 3.05) is 13.2 Å². The molecular formula is C52H102O5. The number of ether oxygens (including phenoxy) is 2. The van der Waals surface area contributed by atoms with Gasteiger partial charge in [-0.05, 0) is 12.8 Å². The van der Waals surface area contributed by atoms with Crippen molar-refractivity contribution in [1.82, 2.24) is 0 Å². The molecule has 5 heteroatoms. The van der Waals surface area contributed by atoms with E-state index in [9.17, 15) is 14.7 Å². The number of carbonyl (C=O) groups is 2. The molecule has 0 aromatic rings. The van der Waals surface area contributed by atoms with Crippen molar-refractivity contribution >= 4 is 11.9 Å². The molecule has 1 N–H and O–H groups in total. The third kappa shape index (κ3) is 47.5. The number of unbranched alkanes of at least 4 members (excludes halogenated alkanes) is 41. The van der Waals surface area contributed by atoms with E-state index in [1.165, 1.54) is 244 Å². The number of carbonyl (C=O) groups excluding carboxylic acids is 2. The van der Waals surface area contributed by atoms with Crippen LogP contribution in [0.25, 0.3) is 0 Å². The van der Waals surface area contributed by atoms with Crippen molar-refractivity contribution < 1.29 is 24.2 Å². The van der Waals surface area contributed by atoms with E-state index in [2.05, 4.69) is 13.8 Å². The Morgan fingerprint density at radius 3 is 0.772 bits per heavy atom. The Labute approximate surface area is 357 Å². The standard InChI is InChI=1S/C52H102O5/c1-3-5-7-9-11-13-15-16-17-18-19-20-21-22-23-24-25-26-27-28-29-30-31-32-33-34-35-37-39-41-43-45-47-52(55)57-50(48-53)49-56-51(54)46-44-42-40-38-36-14-12-10-8-6-4-2/h50,53H,3-49H2,1-2H3. The van der Waals surface area contributed by atoms with Gasteiger partial charge in [-0.1, -0.05) is 277 Å². The van der Waals surface area contributed by atoms with Crippen LogP contribution in [0.1, 0.15) is 303 Å². The van der Waals surface area contributed by atoms with Gasteiger partial charge in [0.05, 0.1) is 6.61 Å². The van der Waals surface area contributed by atoms with Crippen LogP contribution in [0.2, 0.25) is 0 Å². The van der Waals surface area contributed by atoms with Gasteiger partial charge in [-0.25, -0.2) is 0 Å². The van der Waals surface area contributed by atoms with Gasteiger partial charge in [0.2, 0.25) is 0 Å². The molecule has 0 spiro atoms. The van der Waals surface area contributed by atoms with Gasteiger partial charge in [0.15, 0.2) is 6.10 Å². The zero-order chi connectivity index (χ0) is 41.4. The molecule has 0 saturated carbocycles. The molecule has 0 heterocycles. The van der Waals surface area contributed by atoms with Gasteiger partial charge in [0, 0.05) is 12.8 Å². The third-order valence-electron chi connectivity index (χ3n) is 12.2. The van der Waals surface area contributed by atoms with Crippen LogP contribution < -0.4 is 0 Å². The second-order valence-corrected chi connectivity index (χ2v) is 18.0. The monoisotopic (exact) mass is 807 g/mol. The summed E-state index contributed by atoms with van der Waals surface area (Å²) < 4.78 is 10.6. The van der Waals surface area contributed by atoms with Gasteiger partial charge < -0.3 is 14.6 Å². The van der Waals surface area contributed by atoms with Gasteiger partial charge in [0.25, 0.3) is 0 Å². The number of esters is 2. The summed E-state index contributed by atoms with van der Waals surface area (Å²) in [5, 5.41) is 9.59. The molecule has 0 radical (unpaired) electrons. The maximum atomic E-state index is 12.2. The summed E-state index contributed by atoms with van der Waals surface area (Å²) in [5.74, 6) is -0.572. The molecule has 0 aromatic carbocycles. The Bertz CT molecular complexity index is 784. The van der Waals surface area contributed by atoms with E-state index >= 15 is 0 Å². The second kappa shape index (κ2) is 49.3. The zero-order valence-corrected chi connectivity index (χ0v) is 38.9. The number of aliphatic hydroxyl groups excluding tert-OH is 1. The first-order chi connectivity index (χ1) is 28.1. The Balaban J connectivity index is 3.34. The number of aliphatic hydroxyl groups is 1. The quantitative estimate of drug-likeness (QED) is 0.0490. The zero-order valence-electron chi connectivity index (χ0n) is 38.9. The van der Waals surface area contributed by atoms with Crippen LogP contribution in [-0.4, -0.2) is 36.4 Å². The molecule has 0 aliphatic rings. The molecule has 0 aliphatic carbocycles. The van der Waals surface area contributed by atoms with Crippen molar-refractivity contribution in [3.05, 3.63) is 0 Å². The van der Waals surface area contributed by atoms with Crippen molar-refractivity contribution in [1.29, 1.82) is 0 Å². The SMILES string of the molecule is CCCCCCCCCCCCCCCCCCCCCCCCCCCCCCCCCCC(=O)OC(CO)COC(=O)CCCCCCCCCCCCC. The van der Waals surface area contributed by atoms with E-state index in [1.54, 1.807) is 0 Å². The maximum Gasteiger partial charge on any atom is 0.306 e. The van der Waals surface area contributed by atoms with Crippen LogP contribution in [0.15, 0.2) is 0 Å². The molecule has 0 rings (SSSR count). The first-order valence-corrected chi connectivity index (χ1v) is 26.1. The molecule has 0 aliphatic heterocycles. The molecule has 0 fully saturated rings. The molecule has 0 bridgehead atoms. The predicted octanol–water partition coefficient (Wildman–Crippen LogP) is 17.0. The summed E-state index contributed by atoms with van der Waals surface area (Å²) >= 11 is 0. The maximum absolute atomic E-state index is 12.2. The van der Waals surface area contributed by atoms with Gasteiger partial charge in [-0.3, -0.25) is 9.59 Å². The number of hydrogen-bond acceptors (Lipinski definition) is 5. The summed E-state index contributed by atoms with van der Waals surface area (Å²) in [4.78, 5) is 24.3. The minimum Gasteiger partial charge on any atom is -0.462 e. The van der Waals surface area contributed by atoms with Gasteiger partial charge in [-0.2, -0.15) is 0 Å². The lowest BCUT2D eigenvalue weighted by Crippen LogP contribution is -2.28. The molecule has 0 amide bonds. The summed E-state index contributed by atoms with van der Waals surface area (Å²) in [5.41, 5.74) is 0. The second-order valence-electron chi connectivity index (χ2n) is 18.0. The fraction of sp³-hybridized carbons (Fsp3) is 0.962. The highest BCUT2D eigenvalue weighted by molar-refractivity contribution is 5.70. The Hall–Kier alpha value is -1.10. The summed E-state index contributed by atoms with van der Waals surface area (Å²) in [7, 11) is 0. The van der Waals surface area contributed by atoms with E-state index < -0.39 is 6.10 Å². The summed E-state index contributed by atoms with van der Waals surface area (Å²) in [6.07, 6.45) is 58.0. The average Bonchev–Trinajstić information content (AvgIpc) is 3.21. The van der Waals surface area contributed by atoms with Gasteiger partial charge >= 0.3 is 11.9 Å². The number of hydrogen-bond donors (Lipinski definition) is 1. The average molecular weight is 807 g/mol. The van der Waals surface area contributed by atoms with E-state index in [-0.39, 0.29) is 25.2 Å². The molecule has 0 saturated heterocycles. The van der Waals surface area contributed by atoms with Gasteiger partial charge in [-0.15, -0.1) is 0 Å². The Morgan fingerprint density at radius 2 is 0.544 bits per heavy atom. The van der Waals surface area contributed by atoms with Crippen molar-refractivity contribution in [2.45, 2.75) is 309 Å². The molecule has 1 atom stereocenters. The van der Waals surface area contributed by atoms with Crippen molar-refractivity contribution in [3.63, 3.8) is 0 Å². The lowest BCUT2D eigenvalue weighted by atomic mass is 10.0. The number of rotatable bonds is 49. The largest absolute Gasteiger partial charge is 0.462 e. The highest BCUT2D eigenvalue weighted by Gasteiger charge is 2.16. The van der Waals surface area contributed by atoms with E-state index in [4.69, 9.17) is 9.47 Å². The summed E-state index contributed by atoms with van der Waals surface area (Å²) in [6, 6.07) is 0.